The van der Waals surface area contributed by atoms with Gasteiger partial charge in [-0.2, -0.15) is 0 Å². The van der Waals surface area contributed by atoms with E-state index in [9.17, 15) is 19.5 Å². The number of rotatable bonds is 9. The van der Waals surface area contributed by atoms with Crippen molar-refractivity contribution >= 4 is 64.0 Å². The second-order valence-electron chi connectivity index (χ2n) is 6.76. The van der Waals surface area contributed by atoms with E-state index in [0.29, 0.717) is 30.0 Å². The fourth-order valence-corrected chi connectivity index (χ4v) is 7.36. The number of nitrogens with two attached hydrogens (primary N) is 1. The molecule has 164 valence electrons. The van der Waals surface area contributed by atoms with E-state index in [-0.39, 0.29) is 18.0 Å². The summed E-state index contributed by atoms with van der Waals surface area (Å²) in [4.78, 5) is 39.1. The minimum Gasteiger partial charge on any atom is -0.477 e. The number of hydrogen-bond acceptors (Lipinski definition) is 10. The smallest absolute Gasteiger partial charge is 0.352 e. The summed E-state index contributed by atoms with van der Waals surface area (Å²) in [6, 6.07) is 3.02. The van der Waals surface area contributed by atoms with Crippen LogP contribution in [0.5, 0.6) is 0 Å². The average molecular weight is 498 g/mol. The van der Waals surface area contributed by atoms with E-state index in [0.717, 1.165) is 14.2 Å². The summed E-state index contributed by atoms with van der Waals surface area (Å²) in [5.74, 6) is -0.906. The van der Waals surface area contributed by atoms with E-state index in [1.54, 1.807) is 0 Å². The molecule has 13 heteroatoms. The number of hydrogen-bond donors (Lipinski definition) is 3. The van der Waals surface area contributed by atoms with Gasteiger partial charge in [-0.05, 0) is 23.6 Å². The predicted octanol–water partition coefficient (Wildman–Crippen LogP) is 1.17. The van der Waals surface area contributed by atoms with Gasteiger partial charge in [-0.25, -0.2) is 4.79 Å². The lowest BCUT2D eigenvalue weighted by molar-refractivity contribution is -0.150. The number of aliphatic carboxylic acids is 1. The lowest BCUT2D eigenvalue weighted by Crippen LogP contribution is -2.70. The summed E-state index contributed by atoms with van der Waals surface area (Å²) in [5, 5.41) is 23.0. The number of aromatic nitrogens is 2. The normalized spacial score (nSPS) is 20.4. The third kappa shape index (κ3) is 4.80. The Balaban J connectivity index is 1.41. The van der Waals surface area contributed by atoms with E-state index in [1.807, 2.05) is 17.5 Å². The first-order valence-electron chi connectivity index (χ1n) is 9.35. The van der Waals surface area contributed by atoms with Crippen LogP contribution < -0.4 is 11.1 Å². The largest absolute Gasteiger partial charge is 0.477 e. The maximum absolute atomic E-state index is 12.7. The first kappa shape index (κ1) is 22.3. The molecule has 0 saturated carbocycles. The summed E-state index contributed by atoms with van der Waals surface area (Å²) in [7, 11) is 0. The molecule has 2 atom stereocenters. The van der Waals surface area contributed by atoms with E-state index < -0.39 is 23.3 Å². The quantitative estimate of drug-likeness (QED) is 0.344. The number of thiophene rings is 1. The van der Waals surface area contributed by atoms with Crippen molar-refractivity contribution in [2.45, 2.75) is 28.6 Å². The number of carbonyl (C=O) groups is 3. The van der Waals surface area contributed by atoms with Crippen LogP contribution in [0.2, 0.25) is 0 Å². The molecule has 2 aliphatic rings. The summed E-state index contributed by atoms with van der Waals surface area (Å²) >= 11 is 5.77. The zero-order valence-electron chi connectivity index (χ0n) is 16.1. The third-order valence-electron chi connectivity index (χ3n) is 4.66. The van der Waals surface area contributed by atoms with Crippen molar-refractivity contribution in [1.82, 2.24) is 20.4 Å². The molecule has 2 aromatic rings. The Morgan fingerprint density at radius 1 is 1.39 bits per heavy atom. The van der Waals surface area contributed by atoms with E-state index in [1.165, 1.54) is 51.1 Å². The van der Waals surface area contributed by atoms with E-state index in [4.69, 9.17) is 5.73 Å². The highest BCUT2D eigenvalue weighted by molar-refractivity contribution is 8.01. The molecule has 4 rings (SSSR count). The van der Waals surface area contributed by atoms with Crippen molar-refractivity contribution in [3.8, 4) is 0 Å². The van der Waals surface area contributed by atoms with Gasteiger partial charge in [-0.15, -0.1) is 33.3 Å². The van der Waals surface area contributed by atoms with Gasteiger partial charge in [0.1, 0.15) is 22.1 Å². The zero-order valence-corrected chi connectivity index (χ0v) is 19.4. The van der Waals surface area contributed by atoms with Crippen molar-refractivity contribution in [3.05, 3.63) is 38.7 Å². The molecule has 9 nitrogen and oxygen atoms in total. The van der Waals surface area contributed by atoms with Gasteiger partial charge in [0.2, 0.25) is 5.91 Å². The molecule has 4 N–H and O–H groups in total. The maximum atomic E-state index is 12.7. The molecule has 1 saturated heterocycles. The highest BCUT2D eigenvalue weighted by Crippen LogP contribution is 2.41. The van der Waals surface area contributed by atoms with Gasteiger partial charge >= 0.3 is 5.97 Å². The Morgan fingerprint density at radius 2 is 2.23 bits per heavy atom. The van der Waals surface area contributed by atoms with Crippen LogP contribution >= 0.6 is 46.2 Å². The lowest BCUT2D eigenvalue weighted by Gasteiger charge is -2.49. The Hall–Kier alpha value is -1.93. The third-order valence-corrected chi connectivity index (χ3v) is 9.08. The van der Waals surface area contributed by atoms with Crippen LogP contribution in [0.15, 0.2) is 33.1 Å². The van der Waals surface area contributed by atoms with Gasteiger partial charge in [-0.1, -0.05) is 29.2 Å². The second-order valence-corrected chi connectivity index (χ2v) is 11.2. The van der Waals surface area contributed by atoms with Crippen molar-refractivity contribution in [1.29, 1.82) is 0 Å². The van der Waals surface area contributed by atoms with Crippen molar-refractivity contribution in [3.63, 3.8) is 0 Å². The summed E-state index contributed by atoms with van der Waals surface area (Å²) in [6.07, 6.45) is 0.858. The van der Waals surface area contributed by atoms with Gasteiger partial charge in [-0.3, -0.25) is 14.5 Å². The van der Waals surface area contributed by atoms with Gasteiger partial charge in [0.25, 0.3) is 5.91 Å². The first-order valence-corrected chi connectivity index (χ1v) is 13.1. The fraction of sp³-hybridized carbons (Fsp3) is 0.389. The molecule has 0 bridgehead atoms. The number of nitrogens with one attached hydrogen (secondary N) is 1. The van der Waals surface area contributed by atoms with Gasteiger partial charge < -0.3 is 16.2 Å². The van der Waals surface area contributed by atoms with Crippen LogP contribution in [0.4, 0.5) is 0 Å². The zero-order chi connectivity index (χ0) is 22.0. The lowest BCUT2D eigenvalue weighted by atomic mass is 10.0. The minimum atomic E-state index is -1.14. The highest BCUT2D eigenvalue weighted by atomic mass is 32.2. The highest BCUT2D eigenvalue weighted by Gasteiger charge is 2.54. The molecule has 1 unspecified atom stereocenters. The molecule has 0 radical (unpaired) electrons. The Labute approximate surface area is 194 Å². The topological polar surface area (TPSA) is 139 Å². The number of carboxylic acid groups (broad SMARTS) is 1. The van der Waals surface area contributed by atoms with Gasteiger partial charge in [0, 0.05) is 22.8 Å². The Kier molecular flexibility index (Phi) is 6.96. The van der Waals surface area contributed by atoms with E-state index >= 15 is 0 Å². The molecule has 4 heterocycles. The molecular formula is C18H19N5O4S4. The summed E-state index contributed by atoms with van der Waals surface area (Å²) in [5.41, 5.74) is 6.20. The molecular weight excluding hydrogens is 478 g/mol. The van der Waals surface area contributed by atoms with E-state index in [2.05, 4.69) is 15.5 Å². The van der Waals surface area contributed by atoms with Gasteiger partial charge in [0.15, 0.2) is 4.34 Å². The SMILES string of the molecule is NCCc1nnc(SCC2=C(C(=O)O)N3C(=O)C(NC(=O)Cc4cccs4)[C@@H]3SC2)s1. The molecule has 0 aromatic carbocycles. The first-order chi connectivity index (χ1) is 15.0. The van der Waals surface area contributed by atoms with Crippen molar-refractivity contribution in [2.24, 2.45) is 5.73 Å². The monoisotopic (exact) mass is 497 g/mol. The van der Waals surface area contributed by atoms with Gasteiger partial charge in [0.05, 0.1) is 6.42 Å². The van der Waals surface area contributed by atoms with Crippen LogP contribution in [0, 0.1) is 0 Å². The Morgan fingerprint density at radius 3 is 2.94 bits per heavy atom. The maximum Gasteiger partial charge on any atom is 0.352 e. The van der Waals surface area contributed by atoms with Crippen LogP contribution in [-0.4, -0.2) is 67.5 Å². The second kappa shape index (κ2) is 9.69. The molecule has 31 heavy (non-hydrogen) atoms. The molecule has 0 aliphatic carbocycles. The number of carboxylic acids is 1. The molecule has 2 aliphatic heterocycles. The van der Waals surface area contributed by atoms with Crippen LogP contribution in [-0.2, 0) is 27.2 Å². The number of thioether (sulfide) groups is 2. The summed E-state index contributed by atoms with van der Waals surface area (Å²) in [6.45, 7) is 0.494. The standard InChI is InChI=1S/C18H19N5O4S4/c19-4-3-12-21-22-18(31-12)30-8-9-7-29-16-13(15(25)23(16)14(9)17(26)27)20-11(24)6-10-2-1-5-28-10/h1-2,5,13,16H,3-4,6-8,19H2,(H,20,24)(H,26,27)/t13?,16-/m0/s1. The molecule has 2 amide bonds. The number of β-lactam (4-membered cyclic amide) rings is 1. The average Bonchev–Trinajstić information content (AvgIpc) is 3.42. The number of nitrogens with zero attached hydrogens (tertiary/aromatic N) is 3. The molecule has 1 fully saturated rings. The Bertz CT molecular complexity index is 1020. The van der Waals surface area contributed by atoms with Crippen molar-refractivity contribution < 1.29 is 19.5 Å². The number of amides is 2. The van der Waals surface area contributed by atoms with Crippen LogP contribution in [0.25, 0.3) is 0 Å². The van der Waals surface area contributed by atoms with Crippen LogP contribution in [0.1, 0.15) is 9.88 Å². The van der Waals surface area contributed by atoms with Crippen LogP contribution in [0.3, 0.4) is 0 Å². The minimum absolute atomic E-state index is 0.0108. The summed E-state index contributed by atoms with van der Waals surface area (Å²) < 4.78 is 0.737. The number of fused-ring (bicyclic) bond motifs is 1. The molecule has 2 aromatic heterocycles. The van der Waals surface area contributed by atoms with Crippen molar-refractivity contribution in [2.75, 3.05) is 18.1 Å². The fourth-order valence-electron chi connectivity index (χ4n) is 3.26. The molecule has 0 spiro atoms. The number of carbonyl (C=O) groups excluding carboxylic acids is 2. The predicted molar refractivity (Wildman–Crippen MR) is 121 cm³/mol.